The highest BCUT2D eigenvalue weighted by atomic mass is 16.2. The fraction of sp³-hybridized carbons (Fsp3) is 0.500. The molecule has 1 fully saturated rings. The number of nitrogens with zero attached hydrogens (tertiary/aromatic N) is 1. The van der Waals surface area contributed by atoms with E-state index in [4.69, 9.17) is 11.5 Å². The first-order chi connectivity index (χ1) is 11.9. The van der Waals surface area contributed by atoms with E-state index in [2.05, 4.69) is 5.32 Å². The maximum absolute atomic E-state index is 12.9. The standard InChI is InChI=1S/C18H26N4O3/c1-12-6-2-5-9-14(12)15(21-18(20)25)10-17(24)22(11-16(19)23)13-7-3-4-8-13/h2,5-6,9,13,15H,3-4,7-8,10-11H2,1H3,(H2,19,23)(H3,20,21,25)/t15-/m0/s1. The number of aryl methyl sites for hydroxylation is 1. The van der Waals surface area contributed by atoms with Crippen LogP contribution in [0.3, 0.4) is 0 Å². The Bertz CT molecular complexity index is 641. The lowest BCUT2D eigenvalue weighted by molar-refractivity contribution is -0.137. The van der Waals surface area contributed by atoms with Crippen LogP contribution in [0.4, 0.5) is 4.79 Å². The number of benzene rings is 1. The molecule has 1 aromatic rings. The summed E-state index contributed by atoms with van der Waals surface area (Å²) in [6.07, 6.45) is 3.86. The van der Waals surface area contributed by atoms with Crippen LogP contribution >= 0.6 is 0 Å². The Morgan fingerprint density at radius 1 is 1.20 bits per heavy atom. The van der Waals surface area contributed by atoms with Gasteiger partial charge in [-0.05, 0) is 30.9 Å². The first-order valence-corrected chi connectivity index (χ1v) is 8.57. The maximum atomic E-state index is 12.9. The average Bonchev–Trinajstić information content (AvgIpc) is 3.05. The molecule has 7 nitrogen and oxygen atoms in total. The summed E-state index contributed by atoms with van der Waals surface area (Å²) >= 11 is 0. The molecule has 1 aliphatic carbocycles. The lowest BCUT2D eigenvalue weighted by atomic mass is 9.98. The zero-order chi connectivity index (χ0) is 18.4. The van der Waals surface area contributed by atoms with Gasteiger partial charge < -0.3 is 21.7 Å². The van der Waals surface area contributed by atoms with Crippen LogP contribution < -0.4 is 16.8 Å². The SMILES string of the molecule is Cc1ccccc1[C@H](CC(=O)N(CC(N)=O)C1CCCC1)NC(N)=O. The van der Waals surface area contributed by atoms with Gasteiger partial charge in [-0.15, -0.1) is 0 Å². The van der Waals surface area contributed by atoms with E-state index in [0.717, 1.165) is 36.8 Å². The molecule has 1 atom stereocenters. The van der Waals surface area contributed by atoms with Crippen LogP contribution in [0.5, 0.6) is 0 Å². The molecule has 0 aromatic heterocycles. The van der Waals surface area contributed by atoms with Crippen LogP contribution in [0.25, 0.3) is 0 Å². The third-order valence-corrected chi connectivity index (χ3v) is 4.67. The average molecular weight is 346 g/mol. The minimum absolute atomic E-state index is 0.0334. The van der Waals surface area contributed by atoms with Gasteiger partial charge in [0.05, 0.1) is 19.0 Å². The van der Waals surface area contributed by atoms with Gasteiger partial charge in [0.25, 0.3) is 0 Å². The molecule has 0 bridgehead atoms. The summed E-state index contributed by atoms with van der Waals surface area (Å²) in [6.45, 7) is 1.81. The second kappa shape index (κ2) is 8.50. The van der Waals surface area contributed by atoms with E-state index < -0.39 is 18.0 Å². The van der Waals surface area contributed by atoms with Crippen molar-refractivity contribution in [3.05, 3.63) is 35.4 Å². The molecule has 0 unspecified atom stereocenters. The van der Waals surface area contributed by atoms with E-state index in [9.17, 15) is 14.4 Å². The summed E-state index contributed by atoms with van der Waals surface area (Å²) in [4.78, 5) is 37.2. The van der Waals surface area contributed by atoms with Gasteiger partial charge in [-0.25, -0.2) is 4.79 Å². The van der Waals surface area contributed by atoms with Crippen molar-refractivity contribution in [1.29, 1.82) is 0 Å². The molecule has 1 aliphatic rings. The van der Waals surface area contributed by atoms with E-state index in [0.29, 0.717) is 0 Å². The molecule has 4 amide bonds. The van der Waals surface area contributed by atoms with Crippen molar-refractivity contribution in [1.82, 2.24) is 10.2 Å². The lowest BCUT2D eigenvalue weighted by Gasteiger charge is -2.30. The van der Waals surface area contributed by atoms with Gasteiger partial charge in [0.2, 0.25) is 11.8 Å². The molecule has 2 rings (SSSR count). The van der Waals surface area contributed by atoms with Crippen molar-refractivity contribution in [3.63, 3.8) is 0 Å². The molecule has 25 heavy (non-hydrogen) atoms. The first kappa shape index (κ1) is 18.8. The zero-order valence-electron chi connectivity index (χ0n) is 14.5. The Balaban J connectivity index is 2.20. The molecular formula is C18H26N4O3. The Morgan fingerprint density at radius 3 is 2.40 bits per heavy atom. The Labute approximate surface area is 147 Å². The molecule has 1 aromatic carbocycles. The first-order valence-electron chi connectivity index (χ1n) is 8.57. The number of hydrogen-bond donors (Lipinski definition) is 3. The predicted octanol–water partition coefficient (Wildman–Crippen LogP) is 1.35. The van der Waals surface area contributed by atoms with Crippen LogP contribution in [0.2, 0.25) is 0 Å². The summed E-state index contributed by atoms with van der Waals surface area (Å²) in [5, 5.41) is 2.64. The van der Waals surface area contributed by atoms with Crippen molar-refractivity contribution < 1.29 is 14.4 Å². The highest BCUT2D eigenvalue weighted by Gasteiger charge is 2.30. The summed E-state index contributed by atoms with van der Waals surface area (Å²) in [5.41, 5.74) is 12.4. The quantitative estimate of drug-likeness (QED) is 0.691. The summed E-state index contributed by atoms with van der Waals surface area (Å²) in [7, 11) is 0. The molecule has 5 N–H and O–H groups in total. The second-order valence-corrected chi connectivity index (χ2v) is 6.55. The largest absolute Gasteiger partial charge is 0.368 e. The van der Waals surface area contributed by atoms with Crippen LogP contribution in [0.1, 0.15) is 49.3 Å². The summed E-state index contributed by atoms with van der Waals surface area (Å²) in [6, 6.07) is 6.31. The molecule has 0 saturated heterocycles. The van der Waals surface area contributed by atoms with E-state index in [1.165, 1.54) is 0 Å². The number of urea groups is 1. The predicted molar refractivity (Wildman–Crippen MR) is 94.4 cm³/mol. The van der Waals surface area contributed by atoms with Crippen LogP contribution in [-0.2, 0) is 9.59 Å². The van der Waals surface area contributed by atoms with Gasteiger partial charge in [0, 0.05) is 6.04 Å². The number of nitrogens with two attached hydrogens (primary N) is 2. The van der Waals surface area contributed by atoms with Crippen molar-refractivity contribution in [3.8, 4) is 0 Å². The molecular weight excluding hydrogens is 320 g/mol. The Kier molecular flexibility index (Phi) is 6.38. The van der Waals surface area contributed by atoms with E-state index >= 15 is 0 Å². The minimum atomic E-state index is -0.691. The molecule has 0 spiro atoms. The number of carbonyl (C=O) groups is 3. The van der Waals surface area contributed by atoms with Crippen molar-refractivity contribution in [2.24, 2.45) is 11.5 Å². The van der Waals surface area contributed by atoms with Crippen LogP contribution in [0.15, 0.2) is 24.3 Å². The van der Waals surface area contributed by atoms with Gasteiger partial charge in [0.15, 0.2) is 0 Å². The van der Waals surface area contributed by atoms with Crippen molar-refractivity contribution >= 4 is 17.8 Å². The van der Waals surface area contributed by atoms with Gasteiger partial charge in [0.1, 0.15) is 0 Å². The number of primary amides is 2. The highest BCUT2D eigenvalue weighted by molar-refractivity contribution is 5.85. The number of hydrogen-bond acceptors (Lipinski definition) is 3. The monoisotopic (exact) mass is 346 g/mol. The molecule has 0 aliphatic heterocycles. The fourth-order valence-electron chi connectivity index (χ4n) is 3.48. The molecule has 0 radical (unpaired) electrons. The maximum Gasteiger partial charge on any atom is 0.312 e. The zero-order valence-corrected chi connectivity index (χ0v) is 14.5. The normalized spacial score (nSPS) is 15.6. The summed E-state index contributed by atoms with van der Waals surface area (Å²) in [5.74, 6) is -0.733. The molecule has 0 heterocycles. The molecule has 136 valence electrons. The van der Waals surface area contributed by atoms with Crippen molar-refractivity contribution in [2.45, 2.75) is 51.1 Å². The fourth-order valence-corrected chi connectivity index (χ4v) is 3.48. The number of nitrogens with one attached hydrogen (secondary N) is 1. The topological polar surface area (TPSA) is 119 Å². The van der Waals surface area contributed by atoms with Gasteiger partial charge in [-0.3, -0.25) is 9.59 Å². The van der Waals surface area contributed by atoms with Gasteiger partial charge >= 0.3 is 6.03 Å². The van der Waals surface area contributed by atoms with Gasteiger partial charge in [-0.1, -0.05) is 37.1 Å². The van der Waals surface area contributed by atoms with E-state index in [1.54, 1.807) is 4.90 Å². The Hall–Kier alpha value is -2.57. The Morgan fingerprint density at radius 2 is 1.84 bits per heavy atom. The highest BCUT2D eigenvalue weighted by Crippen LogP contribution is 2.26. The van der Waals surface area contributed by atoms with Gasteiger partial charge in [-0.2, -0.15) is 0 Å². The van der Waals surface area contributed by atoms with Crippen LogP contribution in [0, 0.1) is 6.92 Å². The number of amides is 4. The number of carbonyl (C=O) groups excluding carboxylic acids is 3. The second-order valence-electron chi connectivity index (χ2n) is 6.55. The van der Waals surface area contributed by atoms with Crippen molar-refractivity contribution in [2.75, 3.05) is 6.54 Å². The van der Waals surface area contributed by atoms with Crippen LogP contribution in [-0.4, -0.2) is 35.3 Å². The van der Waals surface area contributed by atoms with E-state index in [1.807, 2.05) is 31.2 Å². The third kappa shape index (κ3) is 5.20. The molecule has 7 heteroatoms. The molecule has 1 saturated carbocycles. The third-order valence-electron chi connectivity index (χ3n) is 4.67. The lowest BCUT2D eigenvalue weighted by Crippen LogP contribution is -2.46. The smallest absolute Gasteiger partial charge is 0.312 e. The summed E-state index contributed by atoms with van der Waals surface area (Å²) < 4.78 is 0. The van der Waals surface area contributed by atoms with E-state index in [-0.39, 0.29) is 24.9 Å². The minimum Gasteiger partial charge on any atom is -0.368 e. The number of rotatable bonds is 7.